The number of aromatic nitrogens is 3. The molecule has 2 heterocycles. The molecule has 1 aliphatic rings. The summed E-state index contributed by atoms with van der Waals surface area (Å²) in [6, 6.07) is 19.3. The fourth-order valence-corrected chi connectivity index (χ4v) is 4.88. The molecule has 0 radical (unpaired) electrons. The lowest BCUT2D eigenvalue weighted by Gasteiger charge is -2.24. The van der Waals surface area contributed by atoms with Gasteiger partial charge in [-0.3, -0.25) is 4.90 Å². The van der Waals surface area contributed by atoms with Crippen molar-refractivity contribution in [3.8, 4) is 5.69 Å². The Morgan fingerprint density at radius 1 is 1.03 bits per heavy atom. The molecule has 1 atom stereocenters. The van der Waals surface area contributed by atoms with Crippen LogP contribution in [0.5, 0.6) is 0 Å². The quantitative estimate of drug-likeness (QED) is 0.423. The molecular weight excluding hydrogens is 368 g/mol. The number of hydrogen-bond acceptors (Lipinski definition) is 3. The molecule has 0 spiro atoms. The molecule has 1 aliphatic heterocycles. The first-order valence-corrected chi connectivity index (χ1v) is 10.4. The van der Waals surface area contributed by atoms with E-state index in [9.17, 15) is 0 Å². The Hall–Kier alpha value is -3.24. The first kappa shape index (κ1) is 18.8. The highest BCUT2D eigenvalue weighted by Gasteiger charge is 2.31. The van der Waals surface area contributed by atoms with Crippen molar-refractivity contribution >= 4 is 11.0 Å². The molecule has 0 saturated carbocycles. The Bertz CT molecular complexity index is 1240. The molecule has 1 unspecified atom stereocenters. The van der Waals surface area contributed by atoms with Crippen LogP contribution >= 0.6 is 0 Å². The van der Waals surface area contributed by atoms with Gasteiger partial charge in [0.2, 0.25) is 0 Å². The summed E-state index contributed by atoms with van der Waals surface area (Å²) in [4.78, 5) is 2.50. The predicted molar refractivity (Wildman–Crippen MR) is 122 cm³/mol. The molecule has 5 rings (SSSR count). The molecule has 4 aromatic rings. The average molecular weight is 395 g/mol. The number of benzene rings is 3. The maximum atomic E-state index is 4.46. The van der Waals surface area contributed by atoms with E-state index in [0.29, 0.717) is 0 Å². The second kappa shape index (κ2) is 7.22. The standard InChI is InChI=1S/C26H26N4/c1-5-24-20-9-8-12-25(30-26-11-7-6-10-23(26)27-28-30)22(20)16-29(24)15-21-18(3)13-17(2)14-19(21)4/h5-14,24H,1,15-16H2,2-4H3. The van der Waals surface area contributed by atoms with E-state index in [-0.39, 0.29) is 6.04 Å². The number of rotatable bonds is 4. The number of fused-ring (bicyclic) bond motifs is 2. The molecule has 1 aromatic heterocycles. The van der Waals surface area contributed by atoms with Gasteiger partial charge < -0.3 is 0 Å². The third-order valence-corrected chi connectivity index (χ3v) is 6.27. The molecular formula is C26H26N4. The van der Waals surface area contributed by atoms with Crippen LogP contribution in [-0.2, 0) is 13.1 Å². The number of aryl methyl sites for hydroxylation is 3. The van der Waals surface area contributed by atoms with Crippen LogP contribution in [0.4, 0.5) is 0 Å². The molecule has 30 heavy (non-hydrogen) atoms. The second-order valence-corrected chi connectivity index (χ2v) is 8.30. The lowest BCUT2D eigenvalue weighted by Crippen LogP contribution is -2.21. The normalized spacial score (nSPS) is 16.2. The summed E-state index contributed by atoms with van der Waals surface area (Å²) in [6.07, 6.45) is 2.06. The Morgan fingerprint density at radius 2 is 1.80 bits per heavy atom. The van der Waals surface area contributed by atoms with Gasteiger partial charge in [-0.05, 0) is 66.8 Å². The minimum absolute atomic E-state index is 0.190. The topological polar surface area (TPSA) is 34.0 Å². The zero-order valence-corrected chi connectivity index (χ0v) is 17.8. The number of hydrogen-bond donors (Lipinski definition) is 0. The van der Waals surface area contributed by atoms with E-state index in [1.165, 1.54) is 33.4 Å². The van der Waals surface area contributed by atoms with Crippen molar-refractivity contribution in [2.75, 3.05) is 0 Å². The fourth-order valence-electron chi connectivity index (χ4n) is 4.88. The average Bonchev–Trinajstić information content (AvgIpc) is 3.31. The van der Waals surface area contributed by atoms with Gasteiger partial charge in [0.25, 0.3) is 0 Å². The van der Waals surface area contributed by atoms with E-state index in [1.807, 2.05) is 22.9 Å². The van der Waals surface area contributed by atoms with Gasteiger partial charge in [0.15, 0.2) is 0 Å². The molecule has 0 bridgehead atoms. The minimum atomic E-state index is 0.190. The molecule has 3 aromatic carbocycles. The van der Waals surface area contributed by atoms with Gasteiger partial charge in [-0.2, -0.15) is 0 Å². The van der Waals surface area contributed by atoms with Gasteiger partial charge in [-0.15, -0.1) is 11.7 Å². The Morgan fingerprint density at radius 3 is 2.57 bits per heavy atom. The number of nitrogens with zero attached hydrogens (tertiary/aromatic N) is 4. The van der Waals surface area contributed by atoms with Crippen molar-refractivity contribution in [3.05, 3.63) is 101 Å². The summed E-state index contributed by atoms with van der Waals surface area (Å²) in [7, 11) is 0. The van der Waals surface area contributed by atoms with Crippen molar-refractivity contribution in [2.45, 2.75) is 39.9 Å². The SMILES string of the molecule is C=CC1c2cccc(-n3nnc4ccccc43)c2CN1Cc1c(C)cc(C)cc1C. The molecule has 0 amide bonds. The molecule has 150 valence electrons. The predicted octanol–water partition coefficient (Wildman–Crippen LogP) is 5.59. The highest BCUT2D eigenvalue weighted by Crippen LogP contribution is 2.39. The first-order valence-electron chi connectivity index (χ1n) is 10.4. The van der Waals surface area contributed by atoms with Gasteiger partial charge in [0.1, 0.15) is 5.52 Å². The van der Waals surface area contributed by atoms with Crippen LogP contribution in [0.2, 0.25) is 0 Å². The van der Waals surface area contributed by atoms with Crippen LogP contribution in [0.25, 0.3) is 16.7 Å². The van der Waals surface area contributed by atoms with E-state index >= 15 is 0 Å². The maximum absolute atomic E-state index is 4.46. The second-order valence-electron chi connectivity index (χ2n) is 8.30. The third kappa shape index (κ3) is 2.96. The lowest BCUT2D eigenvalue weighted by molar-refractivity contribution is 0.240. The van der Waals surface area contributed by atoms with Crippen LogP contribution in [-0.4, -0.2) is 19.9 Å². The van der Waals surface area contributed by atoms with Gasteiger partial charge in [0, 0.05) is 13.1 Å². The summed E-state index contributed by atoms with van der Waals surface area (Å²) >= 11 is 0. The van der Waals surface area contributed by atoms with Gasteiger partial charge >= 0.3 is 0 Å². The fraction of sp³-hybridized carbons (Fsp3) is 0.231. The smallest absolute Gasteiger partial charge is 0.113 e. The summed E-state index contributed by atoms with van der Waals surface area (Å²) < 4.78 is 1.97. The van der Waals surface area contributed by atoms with E-state index in [1.54, 1.807) is 0 Å². The Labute approximate surface area is 177 Å². The van der Waals surface area contributed by atoms with E-state index in [4.69, 9.17) is 0 Å². The van der Waals surface area contributed by atoms with Crippen molar-refractivity contribution in [1.29, 1.82) is 0 Å². The Kier molecular flexibility index (Phi) is 4.52. The van der Waals surface area contributed by atoms with Crippen LogP contribution in [0.1, 0.15) is 39.4 Å². The molecule has 0 saturated heterocycles. The highest BCUT2D eigenvalue weighted by atomic mass is 15.4. The zero-order chi connectivity index (χ0) is 20.8. The monoisotopic (exact) mass is 394 g/mol. The zero-order valence-electron chi connectivity index (χ0n) is 17.8. The van der Waals surface area contributed by atoms with Gasteiger partial charge in [0.05, 0.1) is 17.2 Å². The van der Waals surface area contributed by atoms with Crippen LogP contribution < -0.4 is 0 Å². The number of para-hydroxylation sites is 1. The van der Waals surface area contributed by atoms with E-state index in [2.05, 4.69) is 85.0 Å². The molecule has 4 nitrogen and oxygen atoms in total. The molecule has 0 N–H and O–H groups in total. The van der Waals surface area contributed by atoms with Crippen LogP contribution in [0.3, 0.4) is 0 Å². The van der Waals surface area contributed by atoms with Crippen molar-refractivity contribution < 1.29 is 0 Å². The van der Waals surface area contributed by atoms with E-state index < -0.39 is 0 Å². The summed E-state index contributed by atoms with van der Waals surface area (Å²) in [5, 5.41) is 8.82. The summed E-state index contributed by atoms with van der Waals surface area (Å²) in [5.41, 5.74) is 11.1. The molecule has 0 fully saturated rings. The van der Waals surface area contributed by atoms with Crippen molar-refractivity contribution in [3.63, 3.8) is 0 Å². The third-order valence-electron chi connectivity index (χ3n) is 6.27. The van der Waals surface area contributed by atoms with Crippen molar-refractivity contribution in [1.82, 2.24) is 19.9 Å². The van der Waals surface area contributed by atoms with Crippen LogP contribution in [0.15, 0.2) is 67.3 Å². The molecule has 4 heteroatoms. The van der Waals surface area contributed by atoms with Gasteiger partial charge in [-0.1, -0.05) is 53.3 Å². The maximum Gasteiger partial charge on any atom is 0.113 e. The van der Waals surface area contributed by atoms with Crippen LogP contribution in [0, 0.1) is 20.8 Å². The summed E-state index contributed by atoms with van der Waals surface area (Å²) in [6.45, 7) is 12.5. The largest absolute Gasteiger partial charge is 0.284 e. The first-order chi connectivity index (χ1) is 14.6. The molecule has 0 aliphatic carbocycles. The lowest BCUT2D eigenvalue weighted by atomic mass is 9.99. The highest BCUT2D eigenvalue weighted by molar-refractivity contribution is 5.76. The van der Waals surface area contributed by atoms with E-state index in [0.717, 1.165) is 29.8 Å². The van der Waals surface area contributed by atoms with Crippen molar-refractivity contribution in [2.24, 2.45) is 0 Å². The van der Waals surface area contributed by atoms with Gasteiger partial charge in [-0.25, -0.2) is 4.68 Å². The summed E-state index contributed by atoms with van der Waals surface area (Å²) in [5.74, 6) is 0. The Balaban J connectivity index is 1.57. The minimum Gasteiger partial charge on any atom is -0.284 e.